The van der Waals surface area contributed by atoms with Crippen molar-refractivity contribution in [2.24, 2.45) is 0 Å². The number of aryl methyl sites for hydroxylation is 1. The topological polar surface area (TPSA) is 64.7 Å². The molecule has 0 amide bonds. The van der Waals surface area contributed by atoms with E-state index < -0.39 is 0 Å². The van der Waals surface area contributed by atoms with Gasteiger partial charge in [0.25, 0.3) is 0 Å². The number of nitrogens with zero attached hydrogens (tertiary/aromatic N) is 3. The van der Waals surface area contributed by atoms with Crippen molar-refractivity contribution in [1.29, 1.82) is 0 Å². The maximum atomic E-state index is 13.7. The van der Waals surface area contributed by atoms with Crippen molar-refractivity contribution in [3.05, 3.63) is 53.6 Å². The number of nitrogens with two attached hydrogens (primary N) is 1. The van der Waals surface area contributed by atoms with Gasteiger partial charge >= 0.3 is 0 Å². The molecule has 0 unspecified atom stereocenters. The Balaban J connectivity index is 1.90. The number of rotatable bonds is 3. The fourth-order valence-corrected chi connectivity index (χ4v) is 2.98. The van der Waals surface area contributed by atoms with Gasteiger partial charge in [-0.3, -0.25) is 4.98 Å². The van der Waals surface area contributed by atoms with Crippen LogP contribution in [0.1, 0.15) is 11.3 Å². The SMILES string of the molecule is Cc1cc(N)nc(SCc2ccc(F)c3cccnc23)n1. The van der Waals surface area contributed by atoms with E-state index in [1.54, 1.807) is 30.5 Å². The Labute approximate surface area is 125 Å². The van der Waals surface area contributed by atoms with E-state index in [-0.39, 0.29) is 5.82 Å². The molecule has 2 heterocycles. The number of fused-ring (bicyclic) bond motifs is 1. The van der Waals surface area contributed by atoms with Gasteiger partial charge in [-0.25, -0.2) is 14.4 Å². The summed E-state index contributed by atoms with van der Waals surface area (Å²) < 4.78 is 13.7. The standard InChI is InChI=1S/C15H13FN4S/c1-9-7-13(17)20-15(19-9)21-8-10-4-5-12(16)11-3-2-6-18-14(10)11/h2-7H,8H2,1H3,(H2,17,19,20). The third-order valence-corrected chi connectivity index (χ3v) is 3.91. The highest BCUT2D eigenvalue weighted by atomic mass is 32.2. The molecule has 0 saturated carbocycles. The minimum Gasteiger partial charge on any atom is -0.384 e. The number of halogens is 1. The summed E-state index contributed by atoms with van der Waals surface area (Å²) in [4.78, 5) is 12.8. The van der Waals surface area contributed by atoms with Crippen LogP contribution in [0.4, 0.5) is 10.2 Å². The molecule has 0 radical (unpaired) electrons. The van der Waals surface area contributed by atoms with Gasteiger partial charge < -0.3 is 5.73 Å². The zero-order valence-corrected chi connectivity index (χ0v) is 12.2. The van der Waals surface area contributed by atoms with E-state index >= 15 is 0 Å². The summed E-state index contributed by atoms with van der Waals surface area (Å²) in [6, 6.07) is 8.39. The first-order valence-corrected chi connectivity index (χ1v) is 7.38. The third-order valence-electron chi connectivity index (χ3n) is 3.01. The van der Waals surface area contributed by atoms with E-state index in [2.05, 4.69) is 15.0 Å². The van der Waals surface area contributed by atoms with Crippen LogP contribution >= 0.6 is 11.8 Å². The van der Waals surface area contributed by atoms with E-state index in [0.29, 0.717) is 27.6 Å². The lowest BCUT2D eigenvalue weighted by molar-refractivity contribution is 0.639. The Bertz CT molecular complexity index is 787. The van der Waals surface area contributed by atoms with Crippen molar-refractivity contribution < 1.29 is 4.39 Å². The third kappa shape index (κ3) is 2.95. The number of aromatic nitrogens is 3. The number of benzene rings is 1. The molecular weight excluding hydrogens is 287 g/mol. The largest absolute Gasteiger partial charge is 0.384 e. The van der Waals surface area contributed by atoms with Crippen LogP contribution in [-0.4, -0.2) is 15.0 Å². The van der Waals surface area contributed by atoms with Crippen LogP contribution in [0, 0.1) is 12.7 Å². The maximum Gasteiger partial charge on any atom is 0.190 e. The maximum absolute atomic E-state index is 13.7. The Morgan fingerprint density at radius 2 is 2.10 bits per heavy atom. The Morgan fingerprint density at radius 1 is 1.24 bits per heavy atom. The number of nitrogen functional groups attached to an aromatic ring is 1. The Kier molecular flexibility index (Phi) is 3.70. The molecule has 0 aliphatic carbocycles. The lowest BCUT2D eigenvalue weighted by Crippen LogP contribution is -1.97. The average Bonchev–Trinajstić information content (AvgIpc) is 2.46. The van der Waals surface area contributed by atoms with Gasteiger partial charge in [0.1, 0.15) is 11.6 Å². The molecule has 2 aromatic heterocycles. The van der Waals surface area contributed by atoms with E-state index in [1.807, 2.05) is 6.92 Å². The van der Waals surface area contributed by atoms with Gasteiger partial charge in [0.15, 0.2) is 5.16 Å². The lowest BCUT2D eigenvalue weighted by atomic mass is 10.1. The van der Waals surface area contributed by atoms with Crippen molar-refractivity contribution in [2.75, 3.05) is 5.73 Å². The monoisotopic (exact) mass is 300 g/mol. The second kappa shape index (κ2) is 5.65. The summed E-state index contributed by atoms with van der Waals surface area (Å²) in [6.07, 6.45) is 1.66. The van der Waals surface area contributed by atoms with Gasteiger partial charge in [-0.1, -0.05) is 17.8 Å². The first-order chi connectivity index (χ1) is 10.1. The minimum atomic E-state index is -0.261. The Hall–Kier alpha value is -2.21. The molecule has 6 heteroatoms. The van der Waals surface area contributed by atoms with Crippen LogP contribution in [0.5, 0.6) is 0 Å². The minimum absolute atomic E-state index is 0.261. The first-order valence-electron chi connectivity index (χ1n) is 6.39. The van der Waals surface area contributed by atoms with Crippen LogP contribution in [-0.2, 0) is 5.75 Å². The fraction of sp³-hybridized carbons (Fsp3) is 0.133. The predicted octanol–water partition coefficient (Wildman–Crippen LogP) is 3.35. The molecule has 0 aliphatic heterocycles. The van der Waals surface area contributed by atoms with Crippen molar-refractivity contribution in [3.8, 4) is 0 Å². The molecule has 21 heavy (non-hydrogen) atoms. The highest BCUT2D eigenvalue weighted by Gasteiger charge is 2.08. The molecule has 0 saturated heterocycles. The van der Waals surface area contributed by atoms with Crippen LogP contribution in [0.15, 0.2) is 41.7 Å². The number of anilines is 1. The van der Waals surface area contributed by atoms with E-state index in [1.165, 1.54) is 17.8 Å². The summed E-state index contributed by atoms with van der Waals surface area (Å²) in [5.74, 6) is 0.798. The summed E-state index contributed by atoms with van der Waals surface area (Å²) in [7, 11) is 0. The molecule has 1 aromatic carbocycles. The first kappa shape index (κ1) is 13.8. The van der Waals surface area contributed by atoms with E-state index in [9.17, 15) is 4.39 Å². The van der Waals surface area contributed by atoms with Gasteiger partial charge in [0.2, 0.25) is 0 Å². The van der Waals surface area contributed by atoms with Crippen LogP contribution < -0.4 is 5.73 Å². The van der Waals surface area contributed by atoms with Crippen molar-refractivity contribution in [1.82, 2.24) is 15.0 Å². The smallest absolute Gasteiger partial charge is 0.190 e. The lowest BCUT2D eigenvalue weighted by Gasteiger charge is -2.06. The molecular formula is C15H13FN4S. The number of hydrogen-bond acceptors (Lipinski definition) is 5. The fourth-order valence-electron chi connectivity index (χ4n) is 2.08. The molecule has 4 nitrogen and oxygen atoms in total. The Morgan fingerprint density at radius 3 is 2.90 bits per heavy atom. The molecule has 0 bridgehead atoms. The van der Waals surface area contributed by atoms with Crippen molar-refractivity contribution in [3.63, 3.8) is 0 Å². The molecule has 106 valence electrons. The molecule has 2 N–H and O–H groups in total. The zero-order chi connectivity index (χ0) is 14.8. The normalized spacial score (nSPS) is 11.0. The number of pyridine rings is 1. The predicted molar refractivity (Wildman–Crippen MR) is 82.4 cm³/mol. The van der Waals surface area contributed by atoms with Gasteiger partial charge in [0, 0.05) is 29.1 Å². The molecule has 0 aliphatic rings. The molecule has 0 fully saturated rings. The van der Waals surface area contributed by atoms with Crippen molar-refractivity contribution in [2.45, 2.75) is 17.8 Å². The zero-order valence-electron chi connectivity index (χ0n) is 11.4. The van der Waals surface area contributed by atoms with Gasteiger partial charge in [-0.05, 0) is 30.7 Å². The molecule has 3 rings (SSSR count). The van der Waals surface area contributed by atoms with Gasteiger partial charge in [-0.2, -0.15) is 0 Å². The number of thioether (sulfide) groups is 1. The summed E-state index contributed by atoms with van der Waals surface area (Å²) in [5, 5.41) is 1.14. The van der Waals surface area contributed by atoms with Crippen molar-refractivity contribution >= 4 is 28.5 Å². The molecule has 3 aromatic rings. The average molecular weight is 300 g/mol. The summed E-state index contributed by atoms with van der Waals surface area (Å²) in [6.45, 7) is 1.87. The van der Waals surface area contributed by atoms with Gasteiger partial charge in [0.05, 0.1) is 5.52 Å². The van der Waals surface area contributed by atoms with Crippen LogP contribution in [0.25, 0.3) is 10.9 Å². The second-order valence-corrected chi connectivity index (χ2v) is 5.55. The van der Waals surface area contributed by atoms with E-state index in [0.717, 1.165) is 11.3 Å². The molecule has 0 atom stereocenters. The highest BCUT2D eigenvalue weighted by Crippen LogP contribution is 2.26. The summed E-state index contributed by atoms with van der Waals surface area (Å²) in [5.41, 5.74) is 8.16. The summed E-state index contributed by atoms with van der Waals surface area (Å²) >= 11 is 1.46. The second-order valence-electron chi connectivity index (χ2n) is 4.61. The van der Waals surface area contributed by atoms with Crippen LogP contribution in [0.3, 0.4) is 0 Å². The van der Waals surface area contributed by atoms with E-state index in [4.69, 9.17) is 5.73 Å². The van der Waals surface area contributed by atoms with Gasteiger partial charge in [-0.15, -0.1) is 0 Å². The van der Waals surface area contributed by atoms with Crippen LogP contribution in [0.2, 0.25) is 0 Å². The highest BCUT2D eigenvalue weighted by molar-refractivity contribution is 7.98. The number of hydrogen-bond donors (Lipinski definition) is 1. The molecule has 0 spiro atoms. The quantitative estimate of drug-likeness (QED) is 0.593.